The van der Waals surface area contributed by atoms with Crippen LogP contribution in [0.5, 0.6) is 0 Å². The smallest absolute Gasteiger partial charge is 0.251 e. The first-order chi connectivity index (χ1) is 8.54. The number of anilines is 1. The van der Waals surface area contributed by atoms with Crippen molar-refractivity contribution in [3.8, 4) is 0 Å². The number of nitrogens with one attached hydrogen (secondary N) is 1. The van der Waals surface area contributed by atoms with Crippen molar-refractivity contribution in [3.63, 3.8) is 0 Å². The fourth-order valence-corrected chi connectivity index (χ4v) is 2.23. The van der Waals surface area contributed by atoms with Gasteiger partial charge in [0.1, 0.15) is 11.0 Å². The molecule has 0 aliphatic heterocycles. The van der Waals surface area contributed by atoms with Crippen molar-refractivity contribution in [3.05, 3.63) is 22.8 Å². The molecule has 0 unspecified atom stereocenters. The van der Waals surface area contributed by atoms with E-state index in [0.29, 0.717) is 12.1 Å². The monoisotopic (exact) mass is 269 g/mol. The van der Waals surface area contributed by atoms with Crippen molar-refractivity contribution in [2.24, 2.45) is 0 Å². The van der Waals surface area contributed by atoms with Crippen LogP contribution in [-0.2, 0) is 4.74 Å². The maximum atomic E-state index is 11.9. The Morgan fingerprint density at radius 3 is 2.83 bits per heavy atom. The maximum Gasteiger partial charge on any atom is 0.251 e. The van der Waals surface area contributed by atoms with Crippen molar-refractivity contribution in [2.75, 3.05) is 19.4 Å². The lowest BCUT2D eigenvalue weighted by atomic mass is 9.80. The third-order valence-corrected chi connectivity index (χ3v) is 3.54. The molecule has 1 fully saturated rings. The summed E-state index contributed by atoms with van der Waals surface area (Å²) in [6, 6.07) is 3.00. The second-order valence-corrected chi connectivity index (χ2v) is 4.91. The van der Waals surface area contributed by atoms with Gasteiger partial charge in [-0.3, -0.25) is 4.79 Å². The van der Waals surface area contributed by atoms with Crippen molar-refractivity contribution in [1.29, 1.82) is 0 Å². The maximum absolute atomic E-state index is 11.9. The molecular formula is C12H16ClN3O2. The highest BCUT2D eigenvalue weighted by molar-refractivity contribution is 6.29. The van der Waals surface area contributed by atoms with Gasteiger partial charge in [-0.1, -0.05) is 11.6 Å². The van der Waals surface area contributed by atoms with Gasteiger partial charge in [0, 0.05) is 19.2 Å². The largest absolute Gasteiger partial charge is 0.384 e. The Morgan fingerprint density at radius 1 is 1.61 bits per heavy atom. The normalized spacial score (nSPS) is 17.0. The van der Waals surface area contributed by atoms with Gasteiger partial charge in [-0.25, -0.2) is 4.98 Å². The predicted molar refractivity (Wildman–Crippen MR) is 69.6 cm³/mol. The van der Waals surface area contributed by atoms with E-state index in [0.717, 1.165) is 19.3 Å². The van der Waals surface area contributed by atoms with Crippen LogP contribution in [0.2, 0.25) is 5.15 Å². The molecule has 1 aromatic rings. The van der Waals surface area contributed by atoms with Gasteiger partial charge in [0.2, 0.25) is 0 Å². The molecule has 0 spiro atoms. The zero-order valence-corrected chi connectivity index (χ0v) is 11.0. The Bertz CT molecular complexity index is 435. The van der Waals surface area contributed by atoms with Crippen LogP contribution in [0.25, 0.3) is 0 Å². The summed E-state index contributed by atoms with van der Waals surface area (Å²) >= 11 is 5.75. The highest BCUT2D eigenvalue weighted by Crippen LogP contribution is 2.34. The van der Waals surface area contributed by atoms with Crippen molar-refractivity contribution in [2.45, 2.75) is 24.9 Å². The minimum atomic E-state index is -0.214. The second kappa shape index (κ2) is 5.12. The summed E-state index contributed by atoms with van der Waals surface area (Å²) in [5, 5.41) is 3.05. The quantitative estimate of drug-likeness (QED) is 0.814. The number of nitrogen functional groups attached to an aromatic ring is 1. The number of hydrogen-bond acceptors (Lipinski definition) is 4. The number of carbonyl (C=O) groups excluding carboxylic acids is 1. The third kappa shape index (κ3) is 2.73. The number of carbonyl (C=O) groups is 1. The Balaban J connectivity index is 1.99. The number of aromatic nitrogens is 1. The highest BCUT2D eigenvalue weighted by atomic mass is 35.5. The highest BCUT2D eigenvalue weighted by Gasteiger charge is 2.37. The molecule has 1 aromatic heterocycles. The minimum absolute atomic E-state index is 0.196. The lowest BCUT2D eigenvalue weighted by Gasteiger charge is -2.40. The SMILES string of the molecule is COC1(CNC(=O)c2cc(N)nc(Cl)c2)CCC1. The van der Waals surface area contributed by atoms with Gasteiger partial charge >= 0.3 is 0 Å². The van der Waals surface area contributed by atoms with Crippen molar-refractivity contribution >= 4 is 23.3 Å². The van der Waals surface area contributed by atoms with Crippen LogP contribution < -0.4 is 11.1 Å². The standard InChI is InChI=1S/C12H16ClN3O2/c1-18-12(3-2-4-12)7-15-11(17)8-5-9(13)16-10(14)6-8/h5-6H,2-4,7H2,1H3,(H2,14,16)(H,15,17). The summed E-state index contributed by atoms with van der Waals surface area (Å²) in [6.45, 7) is 0.502. The lowest BCUT2D eigenvalue weighted by molar-refractivity contribution is -0.0679. The summed E-state index contributed by atoms with van der Waals surface area (Å²) in [5.41, 5.74) is 5.76. The van der Waals surface area contributed by atoms with Gasteiger partial charge in [-0.2, -0.15) is 0 Å². The number of methoxy groups -OCH3 is 1. The van der Waals surface area contributed by atoms with E-state index in [1.807, 2.05) is 0 Å². The van der Waals surface area contributed by atoms with E-state index < -0.39 is 0 Å². The molecule has 0 aromatic carbocycles. The Morgan fingerprint density at radius 2 is 2.33 bits per heavy atom. The van der Waals surface area contributed by atoms with Crippen LogP contribution in [-0.4, -0.2) is 30.1 Å². The molecular weight excluding hydrogens is 254 g/mol. The molecule has 5 nitrogen and oxygen atoms in total. The van der Waals surface area contributed by atoms with Gasteiger partial charge in [-0.05, 0) is 31.4 Å². The molecule has 1 aliphatic rings. The van der Waals surface area contributed by atoms with E-state index in [1.165, 1.54) is 12.1 Å². The van der Waals surface area contributed by atoms with Crippen LogP contribution in [0.4, 0.5) is 5.82 Å². The molecule has 18 heavy (non-hydrogen) atoms. The molecule has 1 saturated carbocycles. The first-order valence-electron chi connectivity index (χ1n) is 5.81. The van der Waals surface area contributed by atoms with E-state index in [4.69, 9.17) is 22.1 Å². The summed E-state index contributed by atoms with van der Waals surface area (Å²) in [7, 11) is 1.67. The van der Waals surface area contributed by atoms with Crippen LogP contribution in [0, 0.1) is 0 Å². The molecule has 6 heteroatoms. The molecule has 0 bridgehead atoms. The molecule has 1 aliphatic carbocycles. The summed E-state index contributed by atoms with van der Waals surface area (Å²) in [4.78, 5) is 15.8. The number of pyridine rings is 1. The fourth-order valence-electron chi connectivity index (χ4n) is 2.02. The topological polar surface area (TPSA) is 77.2 Å². The third-order valence-electron chi connectivity index (χ3n) is 3.34. The van der Waals surface area contributed by atoms with Gasteiger partial charge < -0.3 is 15.8 Å². The van der Waals surface area contributed by atoms with Crippen LogP contribution >= 0.6 is 11.6 Å². The summed E-state index contributed by atoms with van der Waals surface area (Å²) in [6.07, 6.45) is 3.09. The van der Waals surface area contributed by atoms with E-state index >= 15 is 0 Å². The molecule has 0 radical (unpaired) electrons. The molecule has 1 heterocycles. The summed E-state index contributed by atoms with van der Waals surface area (Å²) in [5.74, 6) is 0.0204. The fraction of sp³-hybridized carbons (Fsp3) is 0.500. The number of halogens is 1. The Hall–Kier alpha value is -1.33. The van der Waals surface area contributed by atoms with Crippen LogP contribution in [0.15, 0.2) is 12.1 Å². The van der Waals surface area contributed by atoms with Crippen LogP contribution in [0.3, 0.4) is 0 Å². The first-order valence-corrected chi connectivity index (χ1v) is 6.19. The number of nitrogens with two attached hydrogens (primary N) is 1. The molecule has 0 atom stereocenters. The average Bonchev–Trinajstić information content (AvgIpc) is 2.26. The Kier molecular flexibility index (Phi) is 3.73. The van der Waals surface area contributed by atoms with Crippen molar-refractivity contribution in [1.82, 2.24) is 10.3 Å². The molecule has 98 valence electrons. The number of nitrogens with zero attached hydrogens (tertiary/aromatic N) is 1. The number of hydrogen-bond donors (Lipinski definition) is 2. The van der Waals surface area contributed by atoms with Gasteiger partial charge in [0.15, 0.2) is 0 Å². The second-order valence-electron chi connectivity index (χ2n) is 4.53. The molecule has 0 saturated heterocycles. The number of ether oxygens (including phenoxy) is 1. The summed E-state index contributed by atoms with van der Waals surface area (Å²) < 4.78 is 5.43. The number of rotatable bonds is 4. The zero-order chi connectivity index (χ0) is 13.2. The first kappa shape index (κ1) is 13.1. The van der Waals surface area contributed by atoms with Gasteiger partial charge in [-0.15, -0.1) is 0 Å². The van der Waals surface area contributed by atoms with E-state index in [1.54, 1.807) is 7.11 Å². The van der Waals surface area contributed by atoms with Gasteiger partial charge in [0.25, 0.3) is 5.91 Å². The predicted octanol–water partition coefficient (Wildman–Crippen LogP) is 1.62. The van der Waals surface area contributed by atoms with Crippen molar-refractivity contribution < 1.29 is 9.53 Å². The molecule has 3 N–H and O–H groups in total. The van der Waals surface area contributed by atoms with E-state index in [2.05, 4.69) is 10.3 Å². The van der Waals surface area contributed by atoms with Crippen LogP contribution in [0.1, 0.15) is 29.6 Å². The lowest BCUT2D eigenvalue weighted by Crippen LogP contribution is -2.49. The van der Waals surface area contributed by atoms with E-state index in [9.17, 15) is 4.79 Å². The van der Waals surface area contributed by atoms with Gasteiger partial charge in [0.05, 0.1) is 5.60 Å². The average molecular weight is 270 g/mol. The number of amides is 1. The minimum Gasteiger partial charge on any atom is -0.384 e. The zero-order valence-electron chi connectivity index (χ0n) is 10.2. The Labute approximate surface area is 111 Å². The molecule has 1 amide bonds. The van der Waals surface area contributed by atoms with E-state index in [-0.39, 0.29) is 22.5 Å². The molecule has 2 rings (SSSR count).